The van der Waals surface area contributed by atoms with Gasteiger partial charge in [-0.2, -0.15) is 0 Å². The third kappa shape index (κ3) is 2.77. The maximum absolute atomic E-state index is 8.96. The van der Waals surface area contributed by atoms with Crippen LogP contribution in [0.3, 0.4) is 0 Å². The van der Waals surface area contributed by atoms with Crippen LogP contribution in [0.5, 0.6) is 0 Å². The molecule has 0 fully saturated rings. The van der Waals surface area contributed by atoms with Crippen LogP contribution in [0, 0.1) is 5.92 Å². The predicted molar refractivity (Wildman–Crippen MR) is 69.6 cm³/mol. The second-order valence-electron chi connectivity index (χ2n) is 4.62. The molecule has 0 aliphatic rings. The third-order valence-electron chi connectivity index (χ3n) is 3.05. The summed E-state index contributed by atoms with van der Waals surface area (Å²) in [6.45, 7) is 3.26. The number of aliphatic hydroxyl groups is 1. The normalized spacial score (nSPS) is 13.1. The minimum Gasteiger partial charge on any atom is -0.399 e. The van der Waals surface area contributed by atoms with Crippen molar-refractivity contribution in [2.75, 3.05) is 12.3 Å². The van der Waals surface area contributed by atoms with Gasteiger partial charge in [0, 0.05) is 18.8 Å². The maximum Gasteiger partial charge on any atom is 0.0958 e. The minimum atomic E-state index is 0.265. The molecule has 0 radical (unpaired) electrons. The first-order chi connectivity index (χ1) is 8.20. The van der Waals surface area contributed by atoms with Gasteiger partial charge < -0.3 is 15.4 Å². The Hall–Kier alpha value is -1.55. The van der Waals surface area contributed by atoms with E-state index in [0.717, 1.165) is 36.1 Å². The molecule has 92 valence electrons. The molecule has 1 aromatic heterocycles. The van der Waals surface area contributed by atoms with Crippen LogP contribution in [0.1, 0.15) is 19.8 Å². The zero-order valence-electron chi connectivity index (χ0n) is 10.1. The molecule has 4 heteroatoms. The summed E-state index contributed by atoms with van der Waals surface area (Å²) in [5.41, 5.74) is 8.53. The number of rotatable bonds is 5. The molecule has 1 aromatic carbocycles. The number of nitrogens with two attached hydrogens (primary N) is 1. The number of nitrogen functional groups attached to an aromatic ring is 1. The number of nitrogens with zero attached hydrogens (tertiary/aromatic N) is 2. The number of hydrogen-bond acceptors (Lipinski definition) is 3. The van der Waals surface area contributed by atoms with E-state index >= 15 is 0 Å². The second-order valence-corrected chi connectivity index (χ2v) is 4.62. The van der Waals surface area contributed by atoms with Gasteiger partial charge in [-0.25, -0.2) is 4.98 Å². The fourth-order valence-corrected chi connectivity index (χ4v) is 1.96. The van der Waals surface area contributed by atoms with Crippen LogP contribution < -0.4 is 5.73 Å². The van der Waals surface area contributed by atoms with Crippen molar-refractivity contribution in [3.05, 3.63) is 24.5 Å². The van der Waals surface area contributed by atoms with Crippen LogP contribution in [0.4, 0.5) is 5.69 Å². The van der Waals surface area contributed by atoms with Gasteiger partial charge in [-0.3, -0.25) is 0 Å². The average molecular weight is 233 g/mol. The number of fused-ring (bicyclic) bond motifs is 1. The molecule has 2 rings (SSSR count). The van der Waals surface area contributed by atoms with Crippen molar-refractivity contribution in [2.24, 2.45) is 5.92 Å². The number of aromatic nitrogens is 2. The van der Waals surface area contributed by atoms with E-state index in [9.17, 15) is 0 Å². The second kappa shape index (κ2) is 5.19. The molecule has 4 nitrogen and oxygen atoms in total. The molecule has 0 saturated carbocycles. The summed E-state index contributed by atoms with van der Waals surface area (Å²) >= 11 is 0. The standard InChI is InChI=1S/C13H19N3O/c1-10(8-17)3-2-6-16-9-15-12-7-11(14)4-5-13(12)16/h4-5,7,9-10,17H,2-3,6,8,14H2,1H3. The molecule has 0 aliphatic carbocycles. The number of aryl methyl sites for hydroxylation is 1. The average Bonchev–Trinajstić information content (AvgIpc) is 2.71. The Morgan fingerprint density at radius 1 is 1.47 bits per heavy atom. The van der Waals surface area contributed by atoms with Crippen LogP contribution in [0.25, 0.3) is 11.0 Å². The molecule has 0 saturated heterocycles. The highest BCUT2D eigenvalue weighted by molar-refractivity contribution is 5.78. The van der Waals surface area contributed by atoms with Crippen molar-refractivity contribution in [1.82, 2.24) is 9.55 Å². The lowest BCUT2D eigenvalue weighted by molar-refractivity contribution is 0.227. The van der Waals surface area contributed by atoms with Gasteiger partial charge in [0.05, 0.1) is 17.4 Å². The number of aliphatic hydroxyl groups excluding tert-OH is 1. The topological polar surface area (TPSA) is 64.1 Å². The van der Waals surface area contributed by atoms with E-state index in [-0.39, 0.29) is 6.61 Å². The monoisotopic (exact) mass is 233 g/mol. The molecule has 1 atom stereocenters. The lowest BCUT2D eigenvalue weighted by Gasteiger charge is -2.08. The Kier molecular flexibility index (Phi) is 3.64. The SMILES string of the molecule is CC(CO)CCCn1cnc2cc(N)ccc21. The first-order valence-electron chi connectivity index (χ1n) is 6.02. The Bertz CT molecular complexity index is 492. The van der Waals surface area contributed by atoms with Crippen LogP contribution in [-0.4, -0.2) is 21.3 Å². The first kappa shape index (κ1) is 11.9. The molecule has 3 N–H and O–H groups in total. The largest absolute Gasteiger partial charge is 0.399 e. The number of benzene rings is 1. The van der Waals surface area contributed by atoms with Crippen LogP contribution in [-0.2, 0) is 6.54 Å². The van der Waals surface area contributed by atoms with Crippen LogP contribution >= 0.6 is 0 Å². The van der Waals surface area contributed by atoms with E-state index in [2.05, 4.69) is 16.5 Å². The van der Waals surface area contributed by atoms with Gasteiger partial charge in [0.25, 0.3) is 0 Å². The lowest BCUT2D eigenvalue weighted by Crippen LogP contribution is -2.03. The van der Waals surface area contributed by atoms with E-state index in [1.807, 2.05) is 24.5 Å². The van der Waals surface area contributed by atoms with Gasteiger partial charge in [0.2, 0.25) is 0 Å². The van der Waals surface area contributed by atoms with Gasteiger partial charge in [-0.15, -0.1) is 0 Å². The van der Waals surface area contributed by atoms with Crippen molar-refractivity contribution in [3.8, 4) is 0 Å². The van der Waals surface area contributed by atoms with Crippen molar-refractivity contribution in [3.63, 3.8) is 0 Å². The van der Waals surface area contributed by atoms with Crippen molar-refractivity contribution in [2.45, 2.75) is 26.3 Å². The number of hydrogen-bond donors (Lipinski definition) is 2. The molecular weight excluding hydrogens is 214 g/mol. The van der Waals surface area contributed by atoms with E-state index < -0.39 is 0 Å². The van der Waals surface area contributed by atoms with Gasteiger partial charge >= 0.3 is 0 Å². The highest BCUT2D eigenvalue weighted by atomic mass is 16.3. The van der Waals surface area contributed by atoms with Crippen molar-refractivity contribution < 1.29 is 5.11 Å². The Labute approximate surface area is 101 Å². The number of imidazole rings is 1. The summed E-state index contributed by atoms with van der Waals surface area (Å²) in [6.07, 6.45) is 3.94. The Balaban J connectivity index is 2.04. The summed E-state index contributed by atoms with van der Waals surface area (Å²) < 4.78 is 2.14. The van der Waals surface area contributed by atoms with Gasteiger partial charge in [0.15, 0.2) is 0 Å². The molecule has 2 aromatic rings. The maximum atomic E-state index is 8.96. The predicted octanol–water partition coefficient (Wildman–Crippen LogP) is 2.03. The Morgan fingerprint density at radius 2 is 2.29 bits per heavy atom. The molecule has 1 unspecified atom stereocenters. The lowest BCUT2D eigenvalue weighted by atomic mass is 10.1. The molecule has 0 spiro atoms. The van der Waals surface area contributed by atoms with E-state index in [1.54, 1.807) is 0 Å². The van der Waals surface area contributed by atoms with Crippen LogP contribution in [0.15, 0.2) is 24.5 Å². The van der Waals surface area contributed by atoms with E-state index in [4.69, 9.17) is 10.8 Å². The summed E-state index contributed by atoms with van der Waals surface area (Å²) in [5.74, 6) is 0.375. The summed E-state index contributed by atoms with van der Waals surface area (Å²) in [7, 11) is 0. The zero-order chi connectivity index (χ0) is 12.3. The highest BCUT2D eigenvalue weighted by Crippen LogP contribution is 2.17. The van der Waals surface area contributed by atoms with E-state index in [0.29, 0.717) is 5.92 Å². The molecule has 17 heavy (non-hydrogen) atoms. The fraction of sp³-hybridized carbons (Fsp3) is 0.462. The third-order valence-corrected chi connectivity index (χ3v) is 3.05. The first-order valence-corrected chi connectivity index (χ1v) is 6.02. The van der Waals surface area contributed by atoms with Crippen molar-refractivity contribution in [1.29, 1.82) is 0 Å². The smallest absolute Gasteiger partial charge is 0.0958 e. The summed E-state index contributed by atoms with van der Waals surface area (Å²) in [6, 6.07) is 5.80. The quantitative estimate of drug-likeness (QED) is 0.777. The van der Waals surface area contributed by atoms with Gasteiger partial charge in [-0.1, -0.05) is 6.92 Å². The van der Waals surface area contributed by atoms with Gasteiger partial charge in [-0.05, 0) is 37.0 Å². The minimum absolute atomic E-state index is 0.265. The molecule has 0 amide bonds. The molecule has 0 bridgehead atoms. The molecule has 1 heterocycles. The number of anilines is 1. The fourth-order valence-electron chi connectivity index (χ4n) is 1.96. The van der Waals surface area contributed by atoms with Crippen molar-refractivity contribution >= 4 is 16.7 Å². The van der Waals surface area contributed by atoms with E-state index in [1.165, 1.54) is 0 Å². The van der Waals surface area contributed by atoms with Gasteiger partial charge in [0.1, 0.15) is 0 Å². The zero-order valence-corrected chi connectivity index (χ0v) is 10.1. The Morgan fingerprint density at radius 3 is 3.06 bits per heavy atom. The molecular formula is C13H19N3O. The van der Waals surface area contributed by atoms with Crippen LogP contribution in [0.2, 0.25) is 0 Å². The summed E-state index contributed by atoms with van der Waals surface area (Å²) in [5, 5.41) is 8.96. The highest BCUT2D eigenvalue weighted by Gasteiger charge is 2.04. The molecule has 0 aliphatic heterocycles. The summed E-state index contributed by atoms with van der Waals surface area (Å²) in [4.78, 5) is 4.33.